The third kappa shape index (κ3) is 4.72. The van der Waals surface area contributed by atoms with Gasteiger partial charge in [-0.2, -0.15) is 0 Å². The second-order valence-electron chi connectivity index (χ2n) is 8.34. The van der Waals surface area contributed by atoms with Crippen LogP contribution in [-0.4, -0.2) is 23.3 Å². The molecule has 26 heavy (non-hydrogen) atoms. The number of fused-ring (bicyclic) bond motifs is 1. The molecule has 4 nitrogen and oxygen atoms in total. The van der Waals surface area contributed by atoms with Gasteiger partial charge in [0.2, 0.25) is 0 Å². The molecule has 0 amide bonds. The molecule has 0 radical (unpaired) electrons. The summed E-state index contributed by atoms with van der Waals surface area (Å²) in [6.45, 7) is 13.1. The molecule has 0 saturated carbocycles. The number of hydrogen-bond acceptors (Lipinski definition) is 3. The second kappa shape index (κ2) is 8.32. The minimum atomic E-state index is -0.838. The maximum absolute atomic E-state index is 10.8. The van der Waals surface area contributed by atoms with Gasteiger partial charge >= 0.3 is 5.97 Å². The summed E-state index contributed by atoms with van der Waals surface area (Å²) in [6, 6.07) is 0. The van der Waals surface area contributed by atoms with Gasteiger partial charge in [-0.05, 0) is 76.0 Å². The van der Waals surface area contributed by atoms with Gasteiger partial charge in [-0.25, -0.2) is 0 Å². The Bertz CT molecular complexity index is 663. The summed E-state index contributed by atoms with van der Waals surface area (Å²) >= 11 is 0. The molecule has 1 unspecified atom stereocenters. The van der Waals surface area contributed by atoms with Gasteiger partial charge < -0.3 is 14.6 Å². The molecule has 1 aliphatic heterocycles. The molecule has 0 aliphatic carbocycles. The average molecular weight is 363 g/mol. The van der Waals surface area contributed by atoms with Crippen molar-refractivity contribution in [3.05, 3.63) is 22.3 Å². The molecular formula is C22H34O4. The van der Waals surface area contributed by atoms with E-state index >= 15 is 0 Å². The van der Waals surface area contributed by atoms with E-state index in [1.165, 1.54) is 18.4 Å². The van der Waals surface area contributed by atoms with Crippen LogP contribution in [0.15, 0.2) is 0 Å². The number of benzene rings is 1. The van der Waals surface area contributed by atoms with Gasteiger partial charge in [-0.15, -0.1) is 0 Å². The second-order valence-corrected chi connectivity index (χ2v) is 8.34. The van der Waals surface area contributed by atoms with E-state index in [1.807, 2.05) is 6.92 Å². The zero-order chi connectivity index (χ0) is 19.5. The lowest BCUT2D eigenvalue weighted by Gasteiger charge is -2.38. The van der Waals surface area contributed by atoms with E-state index in [9.17, 15) is 4.79 Å². The van der Waals surface area contributed by atoms with Crippen molar-refractivity contribution in [1.82, 2.24) is 0 Å². The number of carboxylic acid groups (broad SMARTS) is 1. The highest BCUT2D eigenvalue weighted by atomic mass is 16.5. The van der Waals surface area contributed by atoms with E-state index in [0.29, 0.717) is 0 Å². The first-order valence-electron chi connectivity index (χ1n) is 9.81. The van der Waals surface area contributed by atoms with E-state index in [4.69, 9.17) is 14.6 Å². The van der Waals surface area contributed by atoms with Gasteiger partial charge in [-0.1, -0.05) is 20.3 Å². The number of ether oxygens (including phenoxy) is 2. The maximum atomic E-state index is 10.8. The molecule has 0 spiro atoms. The van der Waals surface area contributed by atoms with Gasteiger partial charge in [0.1, 0.15) is 17.1 Å². The third-order valence-electron chi connectivity index (χ3n) is 5.61. The Morgan fingerprint density at radius 1 is 1.23 bits per heavy atom. The number of hydrogen-bond donors (Lipinski definition) is 1. The van der Waals surface area contributed by atoms with Crippen molar-refractivity contribution in [2.75, 3.05) is 6.61 Å². The summed E-state index contributed by atoms with van der Waals surface area (Å²) in [5, 5.41) is 8.84. The molecule has 0 fully saturated rings. The van der Waals surface area contributed by atoms with E-state index in [0.717, 1.165) is 53.4 Å². The summed E-state index contributed by atoms with van der Waals surface area (Å²) in [7, 11) is 0. The molecule has 1 atom stereocenters. The molecule has 0 saturated heterocycles. The topological polar surface area (TPSA) is 55.8 Å². The molecule has 1 aromatic carbocycles. The number of carboxylic acids is 1. The largest absolute Gasteiger partial charge is 0.492 e. The SMILES string of the molecule is Cc1c(C)c2c(c(C)c1OCCC(=O)O)CCC(C)(CCCC(C)C)O2. The molecule has 2 rings (SSSR count). The molecule has 1 heterocycles. The van der Waals surface area contributed by atoms with E-state index in [1.54, 1.807) is 0 Å². The molecule has 1 N–H and O–H groups in total. The van der Waals surface area contributed by atoms with Gasteiger partial charge in [0.15, 0.2) is 0 Å². The molecule has 0 bridgehead atoms. The lowest BCUT2D eigenvalue weighted by Crippen LogP contribution is -2.37. The highest BCUT2D eigenvalue weighted by molar-refractivity contribution is 5.67. The maximum Gasteiger partial charge on any atom is 0.306 e. The Morgan fingerprint density at radius 3 is 2.54 bits per heavy atom. The standard InChI is InChI=1S/C22H34O4/c1-14(2)8-7-11-22(6)12-9-18-17(5)20(25-13-10-19(23)24)15(3)16(4)21(18)26-22/h14H,7-13H2,1-6H3,(H,23,24). The zero-order valence-corrected chi connectivity index (χ0v) is 17.2. The summed E-state index contributed by atoms with van der Waals surface area (Å²) in [4.78, 5) is 10.8. The fourth-order valence-corrected chi connectivity index (χ4v) is 3.80. The Hall–Kier alpha value is -1.71. The lowest BCUT2D eigenvalue weighted by molar-refractivity contribution is -0.137. The van der Waals surface area contributed by atoms with Crippen molar-refractivity contribution in [3.8, 4) is 11.5 Å². The van der Waals surface area contributed by atoms with Crippen molar-refractivity contribution in [1.29, 1.82) is 0 Å². The highest BCUT2D eigenvalue weighted by Crippen LogP contribution is 2.44. The van der Waals surface area contributed by atoms with Gasteiger partial charge in [-0.3, -0.25) is 4.79 Å². The Labute approximate surface area is 157 Å². The Morgan fingerprint density at radius 2 is 1.92 bits per heavy atom. The lowest BCUT2D eigenvalue weighted by atomic mass is 9.84. The number of aliphatic carboxylic acids is 1. The first kappa shape index (κ1) is 20.6. The van der Waals surface area contributed by atoms with Gasteiger partial charge in [0.05, 0.1) is 13.0 Å². The zero-order valence-electron chi connectivity index (χ0n) is 17.2. The predicted octanol–water partition coefficient (Wildman–Crippen LogP) is 5.38. The first-order valence-corrected chi connectivity index (χ1v) is 9.81. The summed E-state index contributed by atoms with van der Waals surface area (Å²) in [5.74, 6) is 1.74. The molecule has 0 aromatic heterocycles. The van der Waals surface area contributed by atoms with E-state index in [2.05, 4.69) is 34.6 Å². The number of carbonyl (C=O) groups is 1. The Kier molecular flexibility index (Phi) is 6.59. The van der Waals surface area contributed by atoms with Crippen LogP contribution < -0.4 is 9.47 Å². The fraction of sp³-hybridized carbons (Fsp3) is 0.682. The quantitative estimate of drug-likeness (QED) is 0.675. The Balaban J connectivity index is 2.21. The van der Waals surface area contributed by atoms with Crippen LogP contribution in [0.2, 0.25) is 0 Å². The highest BCUT2D eigenvalue weighted by Gasteiger charge is 2.34. The first-order chi connectivity index (χ1) is 12.1. The summed E-state index contributed by atoms with van der Waals surface area (Å²) in [5.41, 5.74) is 4.39. The monoisotopic (exact) mass is 362 g/mol. The van der Waals surface area contributed by atoms with Crippen LogP contribution in [0.1, 0.15) is 75.1 Å². The van der Waals surface area contributed by atoms with Gasteiger partial charge in [0.25, 0.3) is 0 Å². The third-order valence-corrected chi connectivity index (χ3v) is 5.61. The van der Waals surface area contributed by atoms with Crippen LogP contribution in [-0.2, 0) is 11.2 Å². The van der Waals surface area contributed by atoms with Crippen LogP contribution in [0.25, 0.3) is 0 Å². The van der Waals surface area contributed by atoms with Crippen LogP contribution in [0, 0.1) is 26.7 Å². The van der Waals surface area contributed by atoms with E-state index in [-0.39, 0.29) is 18.6 Å². The van der Waals surface area contributed by atoms with Crippen LogP contribution in [0.3, 0.4) is 0 Å². The smallest absolute Gasteiger partial charge is 0.306 e. The molecule has 4 heteroatoms. The minimum absolute atomic E-state index is 0.0133. The summed E-state index contributed by atoms with van der Waals surface area (Å²) in [6.07, 6.45) is 5.51. The predicted molar refractivity (Wildman–Crippen MR) is 104 cm³/mol. The van der Waals surface area contributed by atoms with Crippen molar-refractivity contribution in [2.45, 2.75) is 85.7 Å². The molecular weight excluding hydrogens is 328 g/mol. The fourth-order valence-electron chi connectivity index (χ4n) is 3.80. The van der Waals surface area contributed by atoms with Crippen LogP contribution in [0.4, 0.5) is 0 Å². The van der Waals surface area contributed by atoms with E-state index < -0.39 is 5.97 Å². The van der Waals surface area contributed by atoms with Crippen LogP contribution in [0.5, 0.6) is 11.5 Å². The molecule has 1 aliphatic rings. The average Bonchev–Trinajstić information content (AvgIpc) is 2.55. The van der Waals surface area contributed by atoms with Crippen molar-refractivity contribution < 1.29 is 19.4 Å². The molecule has 1 aromatic rings. The van der Waals surface area contributed by atoms with Crippen molar-refractivity contribution in [3.63, 3.8) is 0 Å². The van der Waals surface area contributed by atoms with Crippen molar-refractivity contribution in [2.24, 2.45) is 5.92 Å². The normalized spacial score (nSPS) is 19.2. The van der Waals surface area contributed by atoms with Crippen LogP contribution >= 0.6 is 0 Å². The molecule has 146 valence electrons. The number of rotatable bonds is 8. The summed E-state index contributed by atoms with van der Waals surface area (Å²) < 4.78 is 12.4. The van der Waals surface area contributed by atoms with Gasteiger partial charge in [0, 0.05) is 5.56 Å². The van der Waals surface area contributed by atoms with Crippen molar-refractivity contribution >= 4 is 5.97 Å². The minimum Gasteiger partial charge on any atom is -0.492 e.